The van der Waals surface area contributed by atoms with Gasteiger partial charge in [0.05, 0.1) is 11.9 Å². The fourth-order valence-corrected chi connectivity index (χ4v) is 5.64. The van der Waals surface area contributed by atoms with Crippen molar-refractivity contribution in [2.45, 2.75) is 52.7 Å². The van der Waals surface area contributed by atoms with Gasteiger partial charge in [-0.1, -0.05) is 65.7 Å². The van der Waals surface area contributed by atoms with Crippen LogP contribution in [0.3, 0.4) is 0 Å². The average Bonchev–Trinajstić information content (AvgIpc) is 2.87. The van der Waals surface area contributed by atoms with Gasteiger partial charge in [-0.15, -0.1) is 0 Å². The van der Waals surface area contributed by atoms with Gasteiger partial charge in [0.2, 0.25) is 21.8 Å². The van der Waals surface area contributed by atoms with E-state index in [1.165, 1.54) is 4.90 Å². The highest BCUT2D eigenvalue weighted by molar-refractivity contribution is 7.92. The monoisotopic (exact) mass is 603 g/mol. The van der Waals surface area contributed by atoms with Gasteiger partial charge in [-0.25, -0.2) is 8.42 Å². The molecule has 40 heavy (non-hydrogen) atoms. The minimum absolute atomic E-state index is 0.0924. The van der Waals surface area contributed by atoms with Crippen LogP contribution in [0.4, 0.5) is 5.69 Å². The molecule has 3 aromatic rings. The Morgan fingerprint density at radius 3 is 2.08 bits per heavy atom. The van der Waals surface area contributed by atoms with E-state index in [1.807, 2.05) is 64.1 Å². The van der Waals surface area contributed by atoms with E-state index in [2.05, 4.69) is 5.32 Å². The highest BCUT2D eigenvalue weighted by atomic mass is 35.5. The third kappa shape index (κ3) is 8.22. The van der Waals surface area contributed by atoms with Crippen LogP contribution < -0.4 is 9.62 Å². The maximum atomic E-state index is 14.1. The van der Waals surface area contributed by atoms with Gasteiger partial charge < -0.3 is 10.2 Å². The number of carbonyl (C=O) groups is 2. The quantitative estimate of drug-likeness (QED) is 0.312. The number of hydrogen-bond donors (Lipinski definition) is 1. The topological polar surface area (TPSA) is 86.8 Å². The Bertz CT molecular complexity index is 1440. The molecule has 1 N–H and O–H groups in total. The lowest BCUT2D eigenvalue weighted by molar-refractivity contribution is -0.140. The SMILES string of the molecule is Cc1ccc(N(CC(=O)N(Cc2c(Cl)cccc2Cl)C(Cc2ccccc2)C(=O)NC(C)C)S(C)(=O)=O)cc1C. The molecule has 0 fully saturated rings. The average molecular weight is 605 g/mol. The van der Waals surface area contributed by atoms with Crippen molar-refractivity contribution in [2.24, 2.45) is 0 Å². The Balaban J connectivity index is 2.11. The van der Waals surface area contributed by atoms with Crippen molar-refractivity contribution in [3.63, 3.8) is 0 Å². The van der Waals surface area contributed by atoms with Crippen molar-refractivity contribution >= 4 is 50.7 Å². The molecule has 1 unspecified atom stereocenters. The van der Waals surface area contributed by atoms with Gasteiger partial charge in [-0.2, -0.15) is 0 Å². The van der Waals surface area contributed by atoms with Gasteiger partial charge in [0.15, 0.2) is 0 Å². The third-order valence-electron chi connectivity index (χ3n) is 6.55. The van der Waals surface area contributed by atoms with E-state index < -0.39 is 28.5 Å². The van der Waals surface area contributed by atoms with Gasteiger partial charge >= 0.3 is 0 Å². The second-order valence-electron chi connectivity index (χ2n) is 10.1. The van der Waals surface area contributed by atoms with Crippen LogP contribution in [0, 0.1) is 13.8 Å². The number of nitrogens with zero attached hydrogens (tertiary/aromatic N) is 2. The number of hydrogen-bond acceptors (Lipinski definition) is 4. The molecule has 1 atom stereocenters. The van der Waals surface area contributed by atoms with E-state index in [1.54, 1.807) is 30.3 Å². The summed E-state index contributed by atoms with van der Waals surface area (Å²) in [6.45, 7) is 6.86. The van der Waals surface area contributed by atoms with Crippen LogP contribution in [-0.2, 0) is 32.6 Å². The van der Waals surface area contributed by atoms with Gasteiger partial charge in [0.1, 0.15) is 12.6 Å². The Morgan fingerprint density at radius 2 is 1.52 bits per heavy atom. The van der Waals surface area contributed by atoms with Gasteiger partial charge in [-0.3, -0.25) is 13.9 Å². The van der Waals surface area contributed by atoms with E-state index in [4.69, 9.17) is 23.2 Å². The normalized spacial score (nSPS) is 12.2. The molecule has 0 aromatic heterocycles. The molecule has 0 saturated carbocycles. The second kappa shape index (κ2) is 13.5. The Labute approximate surface area is 247 Å². The van der Waals surface area contributed by atoms with Crippen LogP contribution in [-0.4, -0.2) is 50.0 Å². The van der Waals surface area contributed by atoms with Crippen molar-refractivity contribution < 1.29 is 18.0 Å². The molecule has 214 valence electrons. The highest BCUT2D eigenvalue weighted by Crippen LogP contribution is 2.28. The van der Waals surface area contributed by atoms with Crippen LogP contribution >= 0.6 is 23.2 Å². The summed E-state index contributed by atoms with van der Waals surface area (Å²) in [6.07, 6.45) is 1.26. The molecular formula is C30H35Cl2N3O4S. The molecule has 0 aliphatic heterocycles. The number of carbonyl (C=O) groups excluding carboxylic acids is 2. The van der Waals surface area contributed by atoms with E-state index >= 15 is 0 Å². The first kappa shape index (κ1) is 31.5. The fraction of sp³-hybridized carbons (Fsp3) is 0.333. The number of rotatable bonds is 11. The smallest absolute Gasteiger partial charge is 0.244 e. The number of sulfonamides is 1. The Kier molecular flexibility index (Phi) is 10.6. The standard InChI is InChI=1S/C30H35Cl2N3O4S/c1-20(2)33-30(37)28(17-23-10-7-6-8-11-23)34(18-25-26(31)12-9-13-27(25)32)29(36)19-35(40(5,38)39)24-15-14-21(3)22(4)16-24/h6-16,20,28H,17-19H2,1-5H3,(H,33,37). The zero-order valence-electron chi connectivity index (χ0n) is 23.3. The fourth-order valence-electron chi connectivity index (χ4n) is 4.28. The Morgan fingerprint density at radius 1 is 0.900 bits per heavy atom. The first-order chi connectivity index (χ1) is 18.8. The van der Waals surface area contributed by atoms with Crippen molar-refractivity contribution in [3.05, 3.63) is 99.0 Å². The minimum Gasteiger partial charge on any atom is -0.352 e. The molecule has 0 aliphatic rings. The van der Waals surface area contributed by atoms with Crippen molar-refractivity contribution in [2.75, 3.05) is 17.1 Å². The highest BCUT2D eigenvalue weighted by Gasteiger charge is 2.34. The molecule has 0 bridgehead atoms. The lowest BCUT2D eigenvalue weighted by atomic mass is 10.0. The summed E-state index contributed by atoms with van der Waals surface area (Å²) in [7, 11) is -3.86. The molecule has 0 radical (unpaired) electrons. The van der Waals surface area contributed by atoms with Crippen molar-refractivity contribution in [3.8, 4) is 0 Å². The van der Waals surface area contributed by atoms with Gasteiger partial charge in [0.25, 0.3) is 0 Å². The van der Waals surface area contributed by atoms with E-state index in [0.29, 0.717) is 21.3 Å². The molecule has 7 nitrogen and oxygen atoms in total. The van der Waals surface area contributed by atoms with Gasteiger partial charge in [-0.05, 0) is 68.7 Å². The van der Waals surface area contributed by atoms with Crippen LogP contribution in [0.15, 0.2) is 66.7 Å². The number of benzene rings is 3. The maximum Gasteiger partial charge on any atom is 0.244 e. The van der Waals surface area contributed by atoms with E-state index in [0.717, 1.165) is 27.3 Å². The number of aryl methyl sites for hydroxylation is 2. The lowest BCUT2D eigenvalue weighted by Gasteiger charge is -2.34. The zero-order chi connectivity index (χ0) is 29.6. The second-order valence-corrected chi connectivity index (χ2v) is 12.9. The summed E-state index contributed by atoms with van der Waals surface area (Å²) >= 11 is 13.0. The predicted molar refractivity (Wildman–Crippen MR) is 162 cm³/mol. The van der Waals surface area contributed by atoms with Gasteiger partial charge in [0, 0.05) is 34.6 Å². The van der Waals surface area contributed by atoms with Crippen LogP contribution in [0.1, 0.15) is 36.1 Å². The van der Waals surface area contributed by atoms with E-state index in [-0.39, 0.29) is 24.9 Å². The summed E-state index contributed by atoms with van der Waals surface area (Å²) < 4.78 is 26.9. The predicted octanol–water partition coefficient (Wildman–Crippen LogP) is 5.54. The first-order valence-corrected chi connectivity index (χ1v) is 15.5. The van der Waals surface area contributed by atoms with Crippen molar-refractivity contribution in [1.82, 2.24) is 10.2 Å². The third-order valence-corrected chi connectivity index (χ3v) is 8.40. The minimum atomic E-state index is -3.86. The first-order valence-electron chi connectivity index (χ1n) is 12.9. The maximum absolute atomic E-state index is 14.1. The van der Waals surface area contributed by atoms with E-state index in [9.17, 15) is 18.0 Å². The number of amides is 2. The summed E-state index contributed by atoms with van der Waals surface area (Å²) in [5, 5.41) is 3.58. The Hall–Kier alpha value is -3.07. The van der Waals surface area contributed by atoms with Crippen LogP contribution in [0.2, 0.25) is 10.0 Å². The molecule has 3 aromatic carbocycles. The number of anilines is 1. The summed E-state index contributed by atoms with van der Waals surface area (Å²) in [5.41, 5.74) is 3.54. The molecule has 10 heteroatoms. The molecule has 2 amide bonds. The van der Waals surface area contributed by atoms with Crippen molar-refractivity contribution in [1.29, 1.82) is 0 Å². The lowest BCUT2D eigenvalue weighted by Crippen LogP contribution is -2.54. The molecule has 3 rings (SSSR count). The van der Waals surface area contributed by atoms with Crippen LogP contribution in [0.5, 0.6) is 0 Å². The largest absolute Gasteiger partial charge is 0.352 e. The zero-order valence-corrected chi connectivity index (χ0v) is 25.6. The molecule has 0 saturated heterocycles. The summed E-state index contributed by atoms with van der Waals surface area (Å²) in [6, 6.07) is 18.4. The van der Waals surface area contributed by atoms with Crippen LogP contribution in [0.25, 0.3) is 0 Å². The molecule has 0 aliphatic carbocycles. The molecule has 0 heterocycles. The number of halogens is 2. The summed E-state index contributed by atoms with van der Waals surface area (Å²) in [5.74, 6) is -0.938. The number of nitrogens with one attached hydrogen (secondary N) is 1. The summed E-state index contributed by atoms with van der Waals surface area (Å²) in [4.78, 5) is 29.1. The molecular weight excluding hydrogens is 569 g/mol. The molecule has 0 spiro atoms.